The van der Waals surface area contributed by atoms with E-state index in [-0.39, 0.29) is 17.9 Å². The predicted molar refractivity (Wildman–Crippen MR) is 94.5 cm³/mol. The van der Waals surface area contributed by atoms with Crippen LogP contribution in [0.2, 0.25) is 0 Å². The van der Waals surface area contributed by atoms with Gasteiger partial charge in [-0.1, -0.05) is 25.5 Å². The van der Waals surface area contributed by atoms with E-state index < -0.39 is 0 Å². The number of benzene rings is 1. The van der Waals surface area contributed by atoms with E-state index in [2.05, 4.69) is 49.3 Å². The van der Waals surface area contributed by atoms with E-state index in [1.165, 1.54) is 16.5 Å². The van der Waals surface area contributed by atoms with E-state index in [0.717, 1.165) is 24.8 Å². The molecule has 0 aliphatic carbocycles. The number of hydrogen-bond acceptors (Lipinski definition) is 2. The van der Waals surface area contributed by atoms with Crippen molar-refractivity contribution >= 4 is 16.8 Å². The van der Waals surface area contributed by atoms with Gasteiger partial charge in [0.1, 0.15) is 0 Å². The predicted octanol–water partition coefficient (Wildman–Crippen LogP) is 3.32. The standard InChI is InChI=1S/C19H28N2O2/c1-4-19(5-2,13-22)12-21-18(23)9-7-15-11-20-17-8-6-14(3)10-16(15)17/h6,8,10-11,20,22H,4-5,7,9,12-13H2,1-3H3,(H,21,23). The van der Waals surface area contributed by atoms with Crippen LogP contribution >= 0.6 is 0 Å². The maximum Gasteiger partial charge on any atom is 0.220 e. The fraction of sp³-hybridized carbons (Fsp3) is 0.526. The molecule has 3 N–H and O–H groups in total. The molecule has 2 rings (SSSR count). The lowest BCUT2D eigenvalue weighted by Crippen LogP contribution is -2.39. The number of carbonyl (C=O) groups excluding carboxylic acids is 1. The summed E-state index contributed by atoms with van der Waals surface area (Å²) >= 11 is 0. The second-order valence-corrected chi connectivity index (χ2v) is 6.50. The first-order valence-corrected chi connectivity index (χ1v) is 8.47. The van der Waals surface area contributed by atoms with Gasteiger partial charge in [-0.15, -0.1) is 0 Å². The second-order valence-electron chi connectivity index (χ2n) is 6.50. The lowest BCUT2D eigenvalue weighted by molar-refractivity contribution is -0.121. The van der Waals surface area contributed by atoms with Crippen LogP contribution in [0.3, 0.4) is 0 Å². The molecular weight excluding hydrogens is 288 g/mol. The molecule has 1 aromatic heterocycles. The van der Waals surface area contributed by atoms with Crippen LogP contribution in [0.5, 0.6) is 0 Å². The molecule has 0 spiro atoms. The highest BCUT2D eigenvalue weighted by Crippen LogP contribution is 2.24. The lowest BCUT2D eigenvalue weighted by Gasteiger charge is -2.29. The zero-order valence-electron chi connectivity index (χ0n) is 14.4. The topological polar surface area (TPSA) is 65.1 Å². The molecular formula is C19H28N2O2. The fourth-order valence-corrected chi connectivity index (χ4v) is 2.90. The molecule has 0 fully saturated rings. The zero-order chi connectivity index (χ0) is 16.9. The molecule has 1 heterocycles. The Hall–Kier alpha value is -1.81. The first kappa shape index (κ1) is 17.5. The van der Waals surface area contributed by atoms with Crippen LogP contribution in [-0.2, 0) is 11.2 Å². The van der Waals surface area contributed by atoms with Crippen LogP contribution in [0.1, 0.15) is 44.2 Å². The quantitative estimate of drug-likeness (QED) is 0.699. The lowest BCUT2D eigenvalue weighted by atomic mass is 9.83. The van der Waals surface area contributed by atoms with Gasteiger partial charge in [-0.25, -0.2) is 0 Å². The molecule has 0 saturated heterocycles. The number of amides is 1. The third kappa shape index (κ3) is 4.14. The van der Waals surface area contributed by atoms with E-state index in [1.807, 2.05) is 6.20 Å². The summed E-state index contributed by atoms with van der Waals surface area (Å²) in [5.41, 5.74) is 3.33. The van der Waals surface area contributed by atoms with Gasteiger partial charge in [-0.3, -0.25) is 4.79 Å². The number of aromatic amines is 1. The van der Waals surface area contributed by atoms with Crippen molar-refractivity contribution in [2.75, 3.05) is 13.2 Å². The number of H-pyrrole nitrogens is 1. The summed E-state index contributed by atoms with van der Waals surface area (Å²) in [6, 6.07) is 6.32. The van der Waals surface area contributed by atoms with E-state index in [9.17, 15) is 9.90 Å². The number of aliphatic hydroxyl groups is 1. The van der Waals surface area contributed by atoms with E-state index in [4.69, 9.17) is 0 Å². The summed E-state index contributed by atoms with van der Waals surface area (Å²) in [5.74, 6) is 0.0479. The van der Waals surface area contributed by atoms with E-state index >= 15 is 0 Å². The Morgan fingerprint density at radius 1 is 1.30 bits per heavy atom. The first-order valence-electron chi connectivity index (χ1n) is 8.47. The average Bonchev–Trinajstić information content (AvgIpc) is 2.97. The summed E-state index contributed by atoms with van der Waals surface area (Å²) in [6.45, 7) is 6.84. The molecule has 0 aliphatic heterocycles. The van der Waals surface area contributed by atoms with Crippen LogP contribution in [0.4, 0.5) is 0 Å². The summed E-state index contributed by atoms with van der Waals surface area (Å²) < 4.78 is 0. The molecule has 0 aliphatic rings. The van der Waals surface area contributed by atoms with Crippen molar-refractivity contribution in [1.29, 1.82) is 0 Å². The first-order chi connectivity index (χ1) is 11.0. The van der Waals surface area contributed by atoms with Crippen LogP contribution in [0, 0.1) is 12.3 Å². The van der Waals surface area contributed by atoms with Gasteiger partial charge in [0, 0.05) is 35.5 Å². The van der Waals surface area contributed by atoms with Crippen LogP contribution in [-0.4, -0.2) is 29.1 Å². The van der Waals surface area contributed by atoms with Crippen molar-refractivity contribution in [1.82, 2.24) is 10.3 Å². The molecule has 0 atom stereocenters. The number of hydrogen-bond donors (Lipinski definition) is 3. The minimum absolute atomic E-state index is 0.0479. The Morgan fingerprint density at radius 3 is 2.70 bits per heavy atom. The summed E-state index contributed by atoms with van der Waals surface area (Å²) in [7, 11) is 0. The molecule has 4 heteroatoms. The van der Waals surface area contributed by atoms with Gasteiger partial charge in [-0.2, -0.15) is 0 Å². The average molecular weight is 316 g/mol. The van der Waals surface area contributed by atoms with Gasteiger partial charge < -0.3 is 15.4 Å². The van der Waals surface area contributed by atoms with Crippen molar-refractivity contribution < 1.29 is 9.90 Å². The third-order valence-electron chi connectivity index (χ3n) is 5.04. The molecule has 1 aromatic carbocycles. The van der Waals surface area contributed by atoms with Crippen molar-refractivity contribution in [3.8, 4) is 0 Å². The Bertz CT molecular complexity index is 648. The van der Waals surface area contributed by atoms with Crippen molar-refractivity contribution in [2.45, 2.75) is 46.5 Å². The number of aromatic nitrogens is 1. The monoisotopic (exact) mass is 316 g/mol. The van der Waals surface area contributed by atoms with Gasteiger partial charge in [-0.05, 0) is 43.9 Å². The summed E-state index contributed by atoms with van der Waals surface area (Å²) in [5, 5.41) is 13.7. The highest BCUT2D eigenvalue weighted by molar-refractivity contribution is 5.84. The zero-order valence-corrected chi connectivity index (χ0v) is 14.4. The highest BCUT2D eigenvalue weighted by Gasteiger charge is 2.25. The number of rotatable bonds is 8. The number of nitrogens with one attached hydrogen (secondary N) is 2. The smallest absolute Gasteiger partial charge is 0.220 e. The maximum absolute atomic E-state index is 12.1. The molecule has 0 saturated carbocycles. The number of carbonyl (C=O) groups is 1. The summed E-state index contributed by atoms with van der Waals surface area (Å²) in [4.78, 5) is 15.4. The number of fused-ring (bicyclic) bond motifs is 1. The normalized spacial score (nSPS) is 11.8. The van der Waals surface area contributed by atoms with E-state index in [0.29, 0.717) is 13.0 Å². The van der Waals surface area contributed by atoms with E-state index in [1.54, 1.807) is 0 Å². The van der Waals surface area contributed by atoms with Crippen molar-refractivity contribution in [2.24, 2.45) is 5.41 Å². The molecule has 4 nitrogen and oxygen atoms in total. The van der Waals surface area contributed by atoms with Gasteiger partial charge >= 0.3 is 0 Å². The molecule has 0 unspecified atom stereocenters. The Morgan fingerprint density at radius 2 is 2.04 bits per heavy atom. The van der Waals surface area contributed by atoms with Gasteiger partial charge in [0.15, 0.2) is 0 Å². The maximum atomic E-state index is 12.1. The minimum atomic E-state index is -0.187. The van der Waals surface area contributed by atoms with Crippen LogP contribution in [0.25, 0.3) is 10.9 Å². The van der Waals surface area contributed by atoms with Crippen molar-refractivity contribution in [3.05, 3.63) is 35.5 Å². The SMILES string of the molecule is CCC(CC)(CO)CNC(=O)CCc1c[nH]c2ccc(C)cc12. The Balaban J connectivity index is 1.92. The fourth-order valence-electron chi connectivity index (χ4n) is 2.90. The number of aliphatic hydroxyl groups excluding tert-OH is 1. The van der Waals surface area contributed by atoms with Crippen molar-refractivity contribution in [3.63, 3.8) is 0 Å². The molecule has 23 heavy (non-hydrogen) atoms. The van der Waals surface area contributed by atoms with Gasteiger partial charge in [0.2, 0.25) is 5.91 Å². The summed E-state index contributed by atoms with van der Waals surface area (Å²) in [6.07, 6.45) is 4.91. The largest absolute Gasteiger partial charge is 0.396 e. The molecule has 0 radical (unpaired) electrons. The molecule has 2 aromatic rings. The second kappa shape index (κ2) is 7.64. The molecule has 126 valence electrons. The van der Waals surface area contributed by atoms with Crippen LogP contribution in [0.15, 0.2) is 24.4 Å². The molecule has 0 bridgehead atoms. The van der Waals surface area contributed by atoms with Gasteiger partial charge in [0.25, 0.3) is 0 Å². The van der Waals surface area contributed by atoms with Gasteiger partial charge in [0.05, 0.1) is 6.61 Å². The minimum Gasteiger partial charge on any atom is -0.396 e. The molecule has 1 amide bonds. The van der Waals surface area contributed by atoms with Crippen LogP contribution < -0.4 is 5.32 Å². The third-order valence-corrected chi connectivity index (χ3v) is 5.04. The highest BCUT2D eigenvalue weighted by atomic mass is 16.3. The number of aryl methyl sites for hydroxylation is 2. The Kier molecular flexibility index (Phi) is 5.83. The Labute approximate surface area is 138 Å².